The maximum absolute atomic E-state index is 9.17. The Balaban J connectivity index is 1.29. The highest BCUT2D eigenvalue weighted by atomic mass is 32.1. The van der Waals surface area contributed by atoms with Crippen molar-refractivity contribution in [3.63, 3.8) is 0 Å². The molecule has 0 N–H and O–H groups in total. The molecular weight excluding hydrogens is 376 g/mol. The molecule has 2 aromatic heterocycles. The molecule has 1 aliphatic rings. The van der Waals surface area contributed by atoms with Crippen LogP contribution < -0.4 is 4.90 Å². The van der Waals surface area contributed by atoms with Crippen molar-refractivity contribution < 1.29 is 0 Å². The van der Waals surface area contributed by atoms with Crippen LogP contribution in [0.25, 0.3) is 5.69 Å². The zero-order valence-electron chi connectivity index (χ0n) is 16.0. The Morgan fingerprint density at radius 2 is 1.93 bits per heavy atom. The Hall–Kier alpha value is -3.36. The lowest BCUT2D eigenvalue weighted by atomic mass is 9.98. The molecule has 5 heteroatoms. The van der Waals surface area contributed by atoms with Crippen molar-refractivity contribution in [3.05, 3.63) is 100 Å². The molecule has 142 valence electrons. The fourth-order valence-electron chi connectivity index (χ4n) is 3.84. The van der Waals surface area contributed by atoms with Crippen LogP contribution >= 0.6 is 11.3 Å². The summed E-state index contributed by atoms with van der Waals surface area (Å²) in [6.07, 6.45) is 5.72. The molecule has 5 rings (SSSR count). The summed E-state index contributed by atoms with van der Waals surface area (Å²) in [5.74, 6) is 0. The quantitative estimate of drug-likeness (QED) is 0.490. The smallest absolute Gasteiger partial charge is 0.0991 e. The minimum atomic E-state index is 0.746. The van der Waals surface area contributed by atoms with E-state index in [4.69, 9.17) is 0 Å². The van der Waals surface area contributed by atoms with Crippen molar-refractivity contribution >= 4 is 16.3 Å². The van der Waals surface area contributed by atoms with Gasteiger partial charge in [0.2, 0.25) is 0 Å². The number of nitriles is 1. The van der Waals surface area contributed by atoms with E-state index in [1.54, 1.807) is 6.20 Å². The van der Waals surface area contributed by atoms with Crippen LogP contribution in [0.4, 0.5) is 5.00 Å². The van der Waals surface area contributed by atoms with E-state index in [1.807, 2.05) is 40.4 Å². The molecule has 0 saturated carbocycles. The molecule has 0 unspecified atom stereocenters. The summed E-state index contributed by atoms with van der Waals surface area (Å²) >= 11 is 1.86. The van der Waals surface area contributed by atoms with Gasteiger partial charge in [-0.15, -0.1) is 11.3 Å². The van der Waals surface area contributed by atoms with Gasteiger partial charge in [0.05, 0.1) is 22.3 Å². The average molecular weight is 397 g/mol. The van der Waals surface area contributed by atoms with Gasteiger partial charge in [0.1, 0.15) is 0 Å². The van der Waals surface area contributed by atoms with Crippen LogP contribution in [0.2, 0.25) is 0 Å². The highest BCUT2D eigenvalue weighted by Gasteiger charge is 2.18. The zero-order valence-corrected chi connectivity index (χ0v) is 16.8. The van der Waals surface area contributed by atoms with Crippen LogP contribution in [0.3, 0.4) is 0 Å². The second-order valence-electron chi connectivity index (χ2n) is 7.30. The van der Waals surface area contributed by atoms with E-state index in [9.17, 15) is 5.26 Å². The second kappa shape index (κ2) is 7.57. The summed E-state index contributed by atoms with van der Waals surface area (Å²) in [4.78, 5) is 3.79. The summed E-state index contributed by atoms with van der Waals surface area (Å²) in [5, 5.41) is 14.8. The first-order valence-electron chi connectivity index (χ1n) is 9.73. The molecule has 29 heavy (non-hydrogen) atoms. The van der Waals surface area contributed by atoms with Gasteiger partial charge in [-0.3, -0.25) is 0 Å². The van der Waals surface area contributed by atoms with Crippen molar-refractivity contribution in [2.45, 2.75) is 19.4 Å². The van der Waals surface area contributed by atoms with Crippen LogP contribution in [0.15, 0.2) is 73.1 Å². The lowest BCUT2D eigenvalue weighted by Crippen LogP contribution is -2.29. The molecule has 0 spiro atoms. The molecule has 0 amide bonds. The summed E-state index contributed by atoms with van der Waals surface area (Å²) in [7, 11) is 0. The lowest BCUT2D eigenvalue weighted by Gasteiger charge is -2.29. The van der Waals surface area contributed by atoms with Gasteiger partial charge in [-0.2, -0.15) is 10.4 Å². The number of nitrogens with zero attached hydrogens (tertiary/aromatic N) is 4. The number of rotatable bonds is 4. The maximum Gasteiger partial charge on any atom is 0.0991 e. The average Bonchev–Trinajstić information content (AvgIpc) is 3.46. The first-order chi connectivity index (χ1) is 14.3. The fraction of sp³-hybridized carbons (Fsp3) is 0.167. The topological polar surface area (TPSA) is 44.9 Å². The largest absolute Gasteiger partial charge is 0.359 e. The van der Waals surface area contributed by atoms with Crippen molar-refractivity contribution in [1.29, 1.82) is 5.26 Å². The molecule has 4 aromatic rings. The van der Waals surface area contributed by atoms with Crippen molar-refractivity contribution in [2.24, 2.45) is 0 Å². The van der Waals surface area contributed by atoms with E-state index in [0.29, 0.717) is 0 Å². The number of benzene rings is 2. The normalized spacial score (nSPS) is 13.1. The molecule has 0 atom stereocenters. The Kier molecular flexibility index (Phi) is 4.63. The minimum absolute atomic E-state index is 0.746. The zero-order chi connectivity index (χ0) is 19.6. The SMILES string of the molecule is N#Cc1ccc2c(c1)CN(c1ccc(Cc3ccc(-n4cccn4)cc3)s1)CC2. The van der Waals surface area contributed by atoms with Crippen molar-refractivity contribution in [3.8, 4) is 11.8 Å². The highest BCUT2D eigenvalue weighted by Crippen LogP contribution is 2.32. The highest BCUT2D eigenvalue weighted by molar-refractivity contribution is 7.16. The Bertz CT molecular complexity index is 1170. The summed E-state index contributed by atoms with van der Waals surface area (Å²) < 4.78 is 1.87. The predicted octanol–water partition coefficient (Wildman–Crippen LogP) is 4.96. The Morgan fingerprint density at radius 1 is 1.03 bits per heavy atom. The minimum Gasteiger partial charge on any atom is -0.359 e. The summed E-state index contributed by atoms with van der Waals surface area (Å²) in [5.41, 5.74) is 5.77. The summed E-state index contributed by atoms with van der Waals surface area (Å²) in [6.45, 7) is 1.90. The standard InChI is InChI=1S/C24H20N4S/c25-16-19-2-5-20-10-13-27(17-21(20)14-19)24-9-8-23(29-24)15-18-3-6-22(7-4-18)28-12-1-11-26-28/h1-9,11-12,14H,10,13,15,17H2. The molecular formula is C24H20N4S. The molecule has 3 heterocycles. The second-order valence-corrected chi connectivity index (χ2v) is 8.45. The van der Waals surface area contributed by atoms with Crippen molar-refractivity contribution in [1.82, 2.24) is 9.78 Å². The first-order valence-corrected chi connectivity index (χ1v) is 10.5. The summed E-state index contributed by atoms with van der Waals surface area (Å²) in [6, 6.07) is 23.3. The van der Waals surface area contributed by atoms with E-state index >= 15 is 0 Å². The van der Waals surface area contributed by atoms with Crippen LogP contribution in [0.5, 0.6) is 0 Å². The predicted molar refractivity (Wildman–Crippen MR) is 117 cm³/mol. The number of hydrogen-bond donors (Lipinski definition) is 0. The van der Waals surface area contributed by atoms with Gasteiger partial charge in [0, 0.05) is 36.8 Å². The van der Waals surface area contributed by atoms with E-state index in [0.717, 1.165) is 37.2 Å². The van der Waals surface area contributed by atoms with E-state index in [1.165, 1.54) is 26.6 Å². The van der Waals surface area contributed by atoms with E-state index in [-0.39, 0.29) is 0 Å². The van der Waals surface area contributed by atoms with Crippen LogP contribution in [0.1, 0.15) is 27.1 Å². The Morgan fingerprint density at radius 3 is 2.72 bits per heavy atom. The molecule has 4 nitrogen and oxygen atoms in total. The van der Waals surface area contributed by atoms with Crippen LogP contribution in [-0.4, -0.2) is 16.3 Å². The van der Waals surface area contributed by atoms with Gasteiger partial charge in [0.15, 0.2) is 0 Å². The molecule has 0 radical (unpaired) electrons. The number of aromatic nitrogens is 2. The third-order valence-corrected chi connectivity index (χ3v) is 6.54. The van der Waals surface area contributed by atoms with Crippen LogP contribution in [0, 0.1) is 11.3 Å². The molecule has 0 aliphatic carbocycles. The van der Waals surface area contributed by atoms with Crippen LogP contribution in [-0.2, 0) is 19.4 Å². The van der Waals surface area contributed by atoms with Gasteiger partial charge < -0.3 is 4.90 Å². The third kappa shape index (κ3) is 3.67. The van der Waals surface area contributed by atoms with Gasteiger partial charge in [-0.05, 0) is 65.6 Å². The van der Waals surface area contributed by atoms with E-state index in [2.05, 4.69) is 58.5 Å². The van der Waals surface area contributed by atoms with Gasteiger partial charge in [-0.25, -0.2) is 4.68 Å². The third-order valence-electron chi connectivity index (χ3n) is 5.39. The van der Waals surface area contributed by atoms with Crippen molar-refractivity contribution in [2.75, 3.05) is 11.4 Å². The fourth-order valence-corrected chi connectivity index (χ4v) is 4.90. The van der Waals surface area contributed by atoms with Gasteiger partial charge in [0.25, 0.3) is 0 Å². The van der Waals surface area contributed by atoms with E-state index < -0.39 is 0 Å². The molecule has 0 saturated heterocycles. The van der Waals surface area contributed by atoms with Gasteiger partial charge >= 0.3 is 0 Å². The number of thiophene rings is 1. The number of hydrogen-bond acceptors (Lipinski definition) is 4. The van der Waals surface area contributed by atoms with Gasteiger partial charge in [-0.1, -0.05) is 18.2 Å². The molecule has 1 aliphatic heterocycles. The first kappa shape index (κ1) is 17.7. The molecule has 0 bridgehead atoms. The number of fused-ring (bicyclic) bond motifs is 1. The number of anilines is 1. The Labute approximate surface area is 174 Å². The molecule has 2 aromatic carbocycles. The lowest BCUT2D eigenvalue weighted by molar-refractivity contribution is 0.737. The maximum atomic E-state index is 9.17. The molecule has 0 fully saturated rings. The monoisotopic (exact) mass is 396 g/mol.